The standard InChI is InChI=1S/C25H22FN3O4/c26-19-10-9-17(22(31)13-18(15-30)24(32)16-6-2-1-3-7-16)12-20(19)28-25(33)21-14-27-23-8-4-5-11-29(21)23/h1-12,14,18,24,30,32H,13,15H2,(H,28,33)/t18-,24-/m0/s1. The van der Waals surface area contributed by atoms with Crippen LogP contribution in [0.3, 0.4) is 0 Å². The van der Waals surface area contributed by atoms with Gasteiger partial charge >= 0.3 is 0 Å². The summed E-state index contributed by atoms with van der Waals surface area (Å²) in [6.45, 7) is -0.402. The third kappa shape index (κ3) is 4.82. The minimum absolute atomic E-state index is 0.152. The Bertz CT molecular complexity index is 1290. The Labute approximate surface area is 189 Å². The number of pyridine rings is 1. The molecule has 2 heterocycles. The van der Waals surface area contributed by atoms with Crippen molar-refractivity contribution in [3.63, 3.8) is 0 Å². The lowest BCUT2D eigenvalue weighted by Gasteiger charge is -2.21. The van der Waals surface area contributed by atoms with Crippen LogP contribution in [0.2, 0.25) is 0 Å². The van der Waals surface area contributed by atoms with Crippen molar-refractivity contribution < 1.29 is 24.2 Å². The molecule has 7 nitrogen and oxygen atoms in total. The number of benzene rings is 2. The summed E-state index contributed by atoms with van der Waals surface area (Å²) in [5, 5.41) is 22.8. The van der Waals surface area contributed by atoms with Gasteiger partial charge in [-0.15, -0.1) is 0 Å². The van der Waals surface area contributed by atoms with Crippen LogP contribution in [-0.2, 0) is 0 Å². The number of Topliss-reactive ketones (excluding diaryl/α,β-unsaturated/α-hetero) is 1. The second-order valence-corrected chi connectivity index (χ2v) is 7.65. The van der Waals surface area contributed by atoms with Crippen molar-refractivity contribution in [2.45, 2.75) is 12.5 Å². The number of nitrogens with one attached hydrogen (secondary N) is 1. The fourth-order valence-corrected chi connectivity index (χ4v) is 3.64. The predicted molar refractivity (Wildman–Crippen MR) is 120 cm³/mol. The van der Waals surface area contributed by atoms with E-state index in [0.717, 1.165) is 6.07 Å². The quantitative estimate of drug-likeness (QED) is 0.358. The van der Waals surface area contributed by atoms with Crippen LogP contribution in [0.1, 0.15) is 38.9 Å². The lowest BCUT2D eigenvalue weighted by atomic mass is 9.90. The second kappa shape index (κ2) is 9.72. The lowest BCUT2D eigenvalue weighted by molar-refractivity contribution is 0.0552. The van der Waals surface area contributed by atoms with E-state index in [1.807, 2.05) is 0 Å². The highest BCUT2D eigenvalue weighted by Crippen LogP contribution is 2.27. The number of carbonyl (C=O) groups excluding carboxylic acids is 2. The van der Waals surface area contributed by atoms with Crippen molar-refractivity contribution in [2.24, 2.45) is 5.92 Å². The third-order valence-corrected chi connectivity index (χ3v) is 5.46. The summed E-state index contributed by atoms with van der Waals surface area (Å²) in [6.07, 6.45) is 1.86. The molecule has 4 rings (SSSR count). The average Bonchev–Trinajstić information content (AvgIpc) is 3.28. The summed E-state index contributed by atoms with van der Waals surface area (Å²) in [7, 11) is 0. The maximum Gasteiger partial charge on any atom is 0.274 e. The van der Waals surface area contributed by atoms with E-state index in [1.54, 1.807) is 59.1 Å². The van der Waals surface area contributed by atoms with Gasteiger partial charge in [-0.2, -0.15) is 0 Å². The second-order valence-electron chi connectivity index (χ2n) is 7.65. The number of aliphatic hydroxyl groups is 2. The molecule has 168 valence electrons. The zero-order valence-electron chi connectivity index (χ0n) is 17.6. The summed E-state index contributed by atoms with van der Waals surface area (Å²) < 4.78 is 16.0. The Morgan fingerprint density at radius 2 is 1.82 bits per heavy atom. The van der Waals surface area contributed by atoms with E-state index in [9.17, 15) is 24.2 Å². The fourth-order valence-electron chi connectivity index (χ4n) is 3.64. The highest BCUT2D eigenvalue weighted by atomic mass is 19.1. The number of carbonyl (C=O) groups is 2. The molecule has 0 unspecified atom stereocenters. The van der Waals surface area contributed by atoms with Crippen molar-refractivity contribution in [3.8, 4) is 0 Å². The number of ketones is 1. The van der Waals surface area contributed by atoms with Gasteiger partial charge < -0.3 is 15.5 Å². The molecule has 2 atom stereocenters. The molecule has 2 aromatic carbocycles. The molecule has 0 aliphatic carbocycles. The van der Waals surface area contributed by atoms with E-state index in [-0.39, 0.29) is 23.4 Å². The average molecular weight is 447 g/mol. The zero-order chi connectivity index (χ0) is 23.4. The normalized spacial score (nSPS) is 12.9. The summed E-state index contributed by atoms with van der Waals surface area (Å²) in [5.41, 5.74) is 1.38. The molecule has 4 aromatic rings. The lowest BCUT2D eigenvalue weighted by Crippen LogP contribution is -2.21. The molecule has 0 bridgehead atoms. The Balaban J connectivity index is 1.51. The minimum atomic E-state index is -1.03. The number of halogens is 1. The number of aliphatic hydroxyl groups excluding tert-OH is 2. The summed E-state index contributed by atoms with van der Waals surface area (Å²) >= 11 is 0. The predicted octanol–water partition coefficient (Wildman–Crippen LogP) is 3.64. The summed E-state index contributed by atoms with van der Waals surface area (Å²) in [6, 6.07) is 17.7. The first kappa shape index (κ1) is 22.3. The molecule has 1 amide bonds. The van der Waals surface area contributed by atoms with Crippen LogP contribution in [0, 0.1) is 11.7 Å². The Kier molecular flexibility index (Phi) is 6.58. The molecule has 33 heavy (non-hydrogen) atoms. The van der Waals surface area contributed by atoms with Crippen molar-refractivity contribution >= 4 is 23.0 Å². The van der Waals surface area contributed by atoms with Gasteiger partial charge in [0.15, 0.2) is 5.78 Å². The van der Waals surface area contributed by atoms with Crippen LogP contribution in [0.15, 0.2) is 79.1 Å². The van der Waals surface area contributed by atoms with E-state index in [0.29, 0.717) is 11.2 Å². The number of rotatable bonds is 8. The maximum absolute atomic E-state index is 14.4. The van der Waals surface area contributed by atoms with E-state index >= 15 is 0 Å². The largest absolute Gasteiger partial charge is 0.396 e. The molecule has 3 N–H and O–H groups in total. The molecule has 0 aliphatic heterocycles. The number of hydrogen-bond acceptors (Lipinski definition) is 5. The smallest absolute Gasteiger partial charge is 0.274 e. The van der Waals surface area contributed by atoms with Crippen LogP contribution in [-0.4, -0.2) is 37.9 Å². The van der Waals surface area contributed by atoms with Gasteiger partial charge in [0.2, 0.25) is 0 Å². The van der Waals surface area contributed by atoms with Gasteiger partial charge in [-0.25, -0.2) is 9.37 Å². The zero-order valence-corrected chi connectivity index (χ0v) is 17.6. The Hall–Kier alpha value is -3.88. The summed E-state index contributed by atoms with van der Waals surface area (Å²) in [4.78, 5) is 29.7. The van der Waals surface area contributed by atoms with Crippen molar-refractivity contribution in [1.82, 2.24) is 9.38 Å². The number of hydrogen-bond donors (Lipinski definition) is 3. The monoisotopic (exact) mass is 447 g/mol. The topological polar surface area (TPSA) is 104 Å². The van der Waals surface area contributed by atoms with Gasteiger partial charge in [0.05, 0.1) is 18.0 Å². The fraction of sp³-hybridized carbons (Fsp3) is 0.160. The molecular weight excluding hydrogens is 425 g/mol. The van der Waals surface area contributed by atoms with Gasteiger partial charge in [0.1, 0.15) is 17.2 Å². The Morgan fingerprint density at radius 1 is 1.06 bits per heavy atom. The number of aromatic nitrogens is 2. The van der Waals surface area contributed by atoms with Crippen LogP contribution < -0.4 is 5.32 Å². The molecule has 0 radical (unpaired) electrons. The number of amides is 1. The van der Waals surface area contributed by atoms with Gasteiger partial charge in [0.25, 0.3) is 5.91 Å². The first-order valence-electron chi connectivity index (χ1n) is 10.4. The van der Waals surface area contributed by atoms with Crippen LogP contribution in [0.4, 0.5) is 10.1 Å². The van der Waals surface area contributed by atoms with E-state index in [4.69, 9.17) is 0 Å². The SMILES string of the molecule is O=C(C[C@@H](CO)[C@@H](O)c1ccccc1)c1ccc(F)c(NC(=O)c2cnc3ccccn23)c1. The molecule has 0 aliphatic rings. The molecule has 0 fully saturated rings. The molecule has 8 heteroatoms. The molecule has 0 saturated carbocycles. The van der Waals surface area contributed by atoms with Crippen LogP contribution in [0.25, 0.3) is 5.65 Å². The van der Waals surface area contributed by atoms with Gasteiger partial charge in [-0.05, 0) is 35.9 Å². The number of nitrogens with zero attached hydrogens (tertiary/aromatic N) is 2. The highest BCUT2D eigenvalue weighted by molar-refractivity contribution is 6.04. The van der Waals surface area contributed by atoms with Crippen molar-refractivity contribution in [1.29, 1.82) is 0 Å². The molecule has 0 spiro atoms. The van der Waals surface area contributed by atoms with Crippen molar-refractivity contribution in [3.05, 3.63) is 102 Å². The van der Waals surface area contributed by atoms with Crippen molar-refractivity contribution in [2.75, 3.05) is 11.9 Å². The molecule has 2 aromatic heterocycles. The van der Waals surface area contributed by atoms with Crippen LogP contribution >= 0.6 is 0 Å². The highest BCUT2D eigenvalue weighted by Gasteiger charge is 2.24. The first-order valence-corrected chi connectivity index (χ1v) is 10.4. The van der Waals surface area contributed by atoms with Crippen LogP contribution in [0.5, 0.6) is 0 Å². The summed E-state index contributed by atoms with van der Waals surface area (Å²) in [5.74, 6) is -2.41. The number of imidazole rings is 1. The molecular formula is C25H22FN3O4. The van der Waals surface area contributed by atoms with Gasteiger partial charge in [-0.1, -0.05) is 36.4 Å². The minimum Gasteiger partial charge on any atom is -0.396 e. The third-order valence-electron chi connectivity index (χ3n) is 5.46. The van der Waals surface area contributed by atoms with E-state index in [2.05, 4.69) is 10.3 Å². The van der Waals surface area contributed by atoms with Gasteiger partial charge in [0, 0.05) is 30.7 Å². The number of fused-ring (bicyclic) bond motifs is 1. The maximum atomic E-state index is 14.4. The van der Waals surface area contributed by atoms with E-state index < -0.39 is 36.1 Å². The molecule has 0 saturated heterocycles. The Morgan fingerprint density at radius 3 is 2.58 bits per heavy atom. The first-order chi connectivity index (χ1) is 16.0. The van der Waals surface area contributed by atoms with E-state index in [1.165, 1.54) is 18.3 Å². The van der Waals surface area contributed by atoms with Gasteiger partial charge in [-0.3, -0.25) is 14.0 Å². The number of anilines is 1.